The minimum Gasteiger partial charge on any atom is -0.296 e. The summed E-state index contributed by atoms with van der Waals surface area (Å²) in [4.78, 5) is 17.7. The van der Waals surface area contributed by atoms with E-state index in [0.29, 0.717) is 6.29 Å². The molecule has 0 radical (unpaired) electrons. The van der Waals surface area contributed by atoms with Gasteiger partial charge in [-0.3, -0.25) is 4.79 Å². The average molecular weight is 242 g/mol. The van der Waals surface area contributed by atoms with Crippen LogP contribution < -0.4 is 0 Å². The van der Waals surface area contributed by atoms with Crippen LogP contribution in [0.1, 0.15) is 16.2 Å². The molecule has 0 saturated heterocycles. The van der Waals surface area contributed by atoms with Gasteiger partial charge in [-0.05, 0) is 6.07 Å². The standard InChI is InChI=1S/C9H5F3N4O/c10-9(11,12)7-1-2-16(15-7)8-4-13-6(5-17)3-14-8/h1-5H. The zero-order valence-electron chi connectivity index (χ0n) is 8.22. The fourth-order valence-corrected chi connectivity index (χ4v) is 1.11. The summed E-state index contributed by atoms with van der Waals surface area (Å²) in [7, 11) is 0. The lowest BCUT2D eigenvalue weighted by atomic mass is 10.4. The minimum absolute atomic E-state index is 0.0944. The van der Waals surface area contributed by atoms with Crippen LogP contribution in [0.4, 0.5) is 13.2 Å². The fourth-order valence-electron chi connectivity index (χ4n) is 1.11. The van der Waals surface area contributed by atoms with Crippen LogP contribution in [0, 0.1) is 0 Å². The number of hydrogen-bond donors (Lipinski definition) is 0. The van der Waals surface area contributed by atoms with Crippen LogP contribution in [-0.4, -0.2) is 26.0 Å². The SMILES string of the molecule is O=Cc1cnc(-n2ccc(C(F)(F)F)n2)cn1. The first-order valence-electron chi connectivity index (χ1n) is 4.41. The van der Waals surface area contributed by atoms with Gasteiger partial charge in [-0.25, -0.2) is 14.6 Å². The second kappa shape index (κ2) is 3.96. The smallest absolute Gasteiger partial charge is 0.296 e. The van der Waals surface area contributed by atoms with Crippen LogP contribution in [0.25, 0.3) is 5.82 Å². The van der Waals surface area contributed by atoms with Crippen molar-refractivity contribution < 1.29 is 18.0 Å². The first-order chi connectivity index (χ1) is 8.00. The molecule has 5 nitrogen and oxygen atoms in total. The Labute approximate surface area is 92.9 Å². The topological polar surface area (TPSA) is 60.7 Å². The Morgan fingerprint density at radius 3 is 2.47 bits per heavy atom. The molecule has 0 amide bonds. The molecule has 2 aromatic heterocycles. The van der Waals surface area contributed by atoms with E-state index in [0.717, 1.165) is 29.3 Å². The van der Waals surface area contributed by atoms with Gasteiger partial charge < -0.3 is 0 Å². The molecule has 0 aliphatic rings. The van der Waals surface area contributed by atoms with Crippen LogP contribution in [0.5, 0.6) is 0 Å². The Bertz CT molecular complexity index is 532. The van der Waals surface area contributed by atoms with E-state index in [2.05, 4.69) is 15.1 Å². The molecule has 0 unspecified atom stereocenters. The Kier molecular flexibility index (Phi) is 2.62. The predicted molar refractivity (Wildman–Crippen MR) is 49.5 cm³/mol. The second-order valence-corrected chi connectivity index (χ2v) is 3.06. The number of carbonyl (C=O) groups is 1. The van der Waals surface area contributed by atoms with Gasteiger partial charge in [0.15, 0.2) is 17.8 Å². The van der Waals surface area contributed by atoms with E-state index < -0.39 is 11.9 Å². The largest absolute Gasteiger partial charge is 0.435 e. The molecule has 0 aliphatic carbocycles. The van der Waals surface area contributed by atoms with Gasteiger partial charge in [-0.1, -0.05) is 0 Å². The van der Waals surface area contributed by atoms with Gasteiger partial charge in [0.05, 0.1) is 12.4 Å². The van der Waals surface area contributed by atoms with Crippen molar-refractivity contribution in [3.05, 3.63) is 36.0 Å². The highest BCUT2D eigenvalue weighted by Crippen LogP contribution is 2.27. The van der Waals surface area contributed by atoms with E-state index in [1.165, 1.54) is 0 Å². The molecular weight excluding hydrogens is 237 g/mol. The molecule has 2 aromatic rings. The molecule has 0 saturated carbocycles. The van der Waals surface area contributed by atoms with Crippen molar-refractivity contribution in [1.29, 1.82) is 0 Å². The van der Waals surface area contributed by atoms with Gasteiger partial charge in [-0.2, -0.15) is 18.3 Å². The number of aromatic nitrogens is 4. The highest BCUT2D eigenvalue weighted by Gasteiger charge is 2.33. The molecule has 0 bridgehead atoms. The maximum atomic E-state index is 12.3. The number of carbonyl (C=O) groups excluding carboxylic acids is 1. The van der Waals surface area contributed by atoms with Crippen LogP contribution in [0.2, 0.25) is 0 Å². The van der Waals surface area contributed by atoms with Gasteiger partial charge in [0.25, 0.3) is 0 Å². The average Bonchev–Trinajstić information content (AvgIpc) is 2.78. The third-order valence-corrected chi connectivity index (χ3v) is 1.89. The van der Waals surface area contributed by atoms with E-state index >= 15 is 0 Å². The van der Waals surface area contributed by atoms with Crippen molar-refractivity contribution in [1.82, 2.24) is 19.7 Å². The molecule has 0 spiro atoms. The van der Waals surface area contributed by atoms with Crippen molar-refractivity contribution in [2.45, 2.75) is 6.18 Å². The van der Waals surface area contributed by atoms with E-state index in [9.17, 15) is 18.0 Å². The summed E-state index contributed by atoms with van der Waals surface area (Å²) in [5.74, 6) is 0.103. The Morgan fingerprint density at radius 2 is 2.00 bits per heavy atom. The first kappa shape index (κ1) is 11.2. The normalized spacial score (nSPS) is 11.5. The molecule has 0 fully saturated rings. The Morgan fingerprint density at radius 1 is 1.24 bits per heavy atom. The summed E-state index contributed by atoms with van der Waals surface area (Å²) in [5, 5.41) is 3.31. The number of aldehydes is 1. The summed E-state index contributed by atoms with van der Waals surface area (Å²) in [5.41, 5.74) is -0.921. The van der Waals surface area contributed by atoms with Crippen LogP contribution in [0.3, 0.4) is 0 Å². The van der Waals surface area contributed by atoms with Crippen molar-refractivity contribution in [2.75, 3.05) is 0 Å². The van der Waals surface area contributed by atoms with Crippen molar-refractivity contribution in [2.24, 2.45) is 0 Å². The molecule has 0 aliphatic heterocycles. The van der Waals surface area contributed by atoms with E-state index in [-0.39, 0.29) is 11.5 Å². The van der Waals surface area contributed by atoms with Crippen LogP contribution in [-0.2, 0) is 6.18 Å². The highest BCUT2D eigenvalue weighted by atomic mass is 19.4. The molecule has 2 rings (SSSR count). The minimum atomic E-state index is -4.50. The molecule has 0 aromatic carbocycles. The maximum Gasteiger partial charge on any atom is 0.435 e. The lowest BCUT2D eigenvalue weighted by molar-refractivity contribution is -0.141. The first-order valence-corrected chi connectivity index (χ1v) is 4.41. The predicted octanol–water partition coefficient (Wildman–Crippen LogP) is 1.49. The molecule has 0 atom stereocenters. The van der Waals surface area contributed by atoms with E-state index in [1.807, 2.05) is 0 Å². The van der Waals surface area contributed by atoms with Crippen LogP contribution >= 0.6 is 0 Å². The highest BCUT2D eigenvalue weighted by molar-refractivity contribution is 5.70. The Balaban J connectivity index is 2.33. The number of hydrogen-bond acceptors (Lipinski definition) is 4. The second-order valence-electron chi connectivity index (χ2n) is 3.06. The Hall–Kier alpha value is -2.25. The summed E-state index contributed by atoms with van der Waals surface area (Å²) < 4.78 is 37.8. The number of halogens is 3. The van der Waals surface area contributed by atoms with Gasteiger partial charge in [-0.15, -0.1) is 0 Å². The quantitative estimate of drug-likeness (QED) is 0.748. The molecular formula is C9H5F3N4O. The van der Waals surface area contributed by atoms with Gasteiger partial charge >= 0.3 is 6.18 Å². The van der Waals surface area contributed by atoms with E-state index in [4.69, 9.17) is 0 Å². The van der Waals surface area contributed by atoms with Gasteiger partial charge in [0.2, 0.25) is 0 Å². The van der Waals surface area contributed by atoms with Gasteiger partial charge in [0, 0.05) is 6.20 Å². The number of nitrogens with zero attached hydrogens (tertiary/aromatic N) is 4. The third kappa shape index (κ3) is 2.30. The molecule has 8 heteroatoms. The third-order valence-electron chi connectivity index (χ3n) is 1.89. The summed E-state index contributed by atoms with van der Waals surface area (Å²) in [6.45, 7) is 0. The molecule has 2 heterocycles. The summed E-state index contributed by atoms with van der Waals surface area (Å²) in [6, 6.07) is 0.829. The number of rotatable bonds is 2. The van der Waals surface area contributed by atoms with Crippen molar-refractivity contribution in [3.63, 3.8) is 0 Å². The molecule has 88 valence electrons. The van der Waals surface area contributed by atoms with Crippen molar-refractivity contribution in [3.8, 4) is 5.82 Å². The maximum absolute atomic E-state index is 12.3. The van der Waals surface area contributed by atoms with Gasteiger partial charge in [0.1, 0.15) is 5.69 Å². The molecule has 0 N–H and O–H groups in total. The zero-order chi connectivity index (χ0) is 12.5. The fraction of sp³-hybridized carbons (Fsp3) is 0.111. The van der Waals surface area contributed by atoms with Crippen molar-refractivity contribution >= 4 is 6.29 Å². The number of alkyl halides is 3. The van der Waals surface area contributed by atoms with Crippen LogP contribution in [0.15, 0.2) is 24.7 Å². The zero-order valence-corrected chi connectivity index (χ0v) is 8.22. The lowest BCUT2D eigenvalue weighted by Crippen LogP contribution is -2.08. The van der Waals surface area contributed by atoms with E-state index in [1.54, 1.807) is 0 Å². The monoisotopic (exact) mass is 242 g/mol. The summed E-state index contributed by atoms with van der Waals surface area (Å²) >= 11 is 0. The molecule has 17 heavy (non-hydrogen) atoms. The summed E-state index contributed by atoms with van der Waals surface area (Å²) in [6.07, 6.45) is -0.579. The lowest BCUT2D eigenvalue weighted by Gasteiger charge is -2.01.